The van der Waals surface area contributed by atoms with Crippen molar-refractivity contribution in [2.24, 2.45) is 0 Å². The van der Waals surface area contributed by atoms with E-state index < -0.39 is 0 Å². The number of ether oxygens (including phenoxy) is 1. The van der Waals surface area contributed by atoms with Crippen LogP contribution in [0.4, 0.5) is 0 Å². The maximum absolute atomic E-state index is 12.2. The van der Waals surface area contributed by atoms with Gasteiger partial charge in [0.1, 0.15) is 11.9 Å². The molecule has 0 spiro atoms. The van der Waals surface area contributed by atoms with E-state index >= 15 is 0 Å². The van der Waals surface area contributed by atoms with E-state index in [1.807, 2.05) is 12.3 Å². The fourth-order valence-electron chi connectivity index (χ4n) is 2.37. The zero-order chi connectivity index (χ0) is 15.9. The van der Waals surface area contributed by atoms with Crippen molar-refractivity contribution in [1.29, 1.82) is 0 Å². The first-order chi connectivity index (χ1) is 10.6. The fourth-order valence-corrected chi connectivity index (χ4v) is 4.88. The summed E-state index contributed by atoms with van der Waals surface area (Å²) in [5.41, 5.74) is 1.18. The molecule has 1 fully saturated rings. The topological polar surface area (TPSA) is 46.6 Å². The van der Waals surface area contributed by atoms with E-state index in [2.05, 4.69) is 13.0 Å². The number of rotatable bonds is 7. The van der Waals surface area contributed by atoms with Crippen molar-refractivity contribution in [2.75, 3.05) is 18.9 Å². The molecule has 1 atom stereocenters. The molecule has 0 aromatic carbocycles. The monoisotopic (exact) mass is 341 g/mol. The van der Waals surface area contributed by atoms with Gasteiger partial charge in [0, 0.05) is 17.1 Å². The van der Waals surface area contributed by atoms with E-state index in [9.17, 15) is 9.59 Å². The van der Waals surface area contributed by atoms with Crippen molar-refractivity contribution in [3.05, 3.63) is 21.9 Å². The predicted octanol–water partition coefficient (Wildman–Crippen LogP) is 3.75. The van der Waals surface area contributed by atoms with Crippen LogP contribution in [0, 0.1) is 6.92 Å². The molecule has 4 nitrogen and oxygen atoms in total. The summed E-state index contributed by atoms with van der Waals surface area (Å²) >= 11 is 3.38. The Kier molecular flexibility index (Phi) is 6.76. The molecule has 1 aromatic rings. The molecule has 2 rings (SSSR count). The Morgan fingerprint density at radius 1 is 1.45 bits per heavy atom. The molecule has 122 valence electrons. The van der Waals surface area contributed by atoms with Crippen LogP contribution < -0.4 is 0 Å². The second kappa shape index (κ2) is 8.58. The highest BCUT2D eigenvalue weighted by Gasteiger charge is 2.33. The number of nitrogens with zero attached hydrogens (tertiary/aromatic N) is 1. The van der Waals surface area contributed by atoms with E-state index in [4.69, 9.17) is 4.74 Å². The molecule has 1 unspecified atom stereocenters. The summed E-state index contributed by atoms with van der Waals surface area (Å²) in [4.78, 5) is 27.1. The normalized spacial score (nSPS) is 18.5. The van der Waals surface area contributed by atoms with Crippen LogP contribution in [0.5, 0.6) is 0 Å². The summed E-state index contributed by atoms with van der Waals surface area (Å²) in [5.74, 6) is 0.552. The first-order valence-corrected chi connectivity index (χ1v) is 9.67. The van der Waals surface area contributed by atoms with Gasteiger partial charge in [-0.2, -0.15) is 0 Å². The quantitative estimate of drug-likeness (QED) is 0.560. The molecule has 22 heavy (non-hydrogen) atoms. The van der Waals surface area contributed by atoms with E-state index in [1.165, 1.54) is 5.56 Å². The van der Waals surface area contributed by atoms with Crippen molar-refractivity contribution in [2.45, 2.75) is 44.9 Å². The van der Waals surface area contributed by atoms with Gasteiger partial charge in [0.25, 0.3) is 0 Å². The van der Waals surface area contributed by atoms with Crippen LogP contribution in [0.1, 0.15) is 48.4 Å². The minimum atomic E-state index is -0.300. The Bertz CT molecular complexity index is 515. The molecule has 1 saturated heterocycles. The summed E-state index contributed by atoms with van der Waals surface area (Å²) < 4.78 is 5.25. The summed E-state index contributed by atoms with van der Waals surface area (Å²) in [6.07, 6.45) is 3.54. The van der Waals surface area contributed by atoms with Gasteiger partial charge in [0.2, 0.25) is 5.91 Å². The van der Waals surface area contributed by atoms with Crippen LogP contribution in [0.25, 0.3) is 0 Å². The van der Waals surface area contributed by atoms with E-state index in [0.29, 0.717) is 13.0 Å². The van der Waals surface area contributed by atoms with Gasteiger partial charge in [0.05, 0.1) is 6.61 Å². The Morgan fingerprint density at radius 2 is 2.27 bits per heavy atom. The zero-order valence-electron chi connectivity index (χ0n) is 13.2. The number of carbonyl (C=O) groups excluding carboxylic acids is 2. The average molecular weight is 341 g/mol. The van der Waals surface area contributed by atoms with E-state index in [-0.39, 0.29) is 23.8 Å². The molecule has 6 heteroatoms. The molecule has 2 heterocycles. The van der Waals surface area contributed by atoms with Crippen LogP contribution >= 0.6 is 23.1 Å². The van der Waals surface area contributed by atoms with Gasteiger partial charge in [-0.05, 0) is 30.4 Å². The Balaban J connectivity index is 1.97. The largest absolute Gasteiger partial charge is 0.464 e. The molecular formula is C16H23NO3S2. The van der Waals surface area contributed by atoms with Crippen molar-refractivity contribution in [1.82, 2.24) is 4.90 Å². The van der Waals surface area contributed by atoms with E-state index in [0.717, 1.165) is 29.9 Å². The van der Waals surface area contributed by atoms with Crippen LogP contribution in [-0.2, 0) is 14.3 Å². The van der Waals surface area contributed by atoms with Crippen molar-refractivity contribution in [3.8, 4) is 0 Å². The van der Waals surface area contributed by atoms with Gasteiger partial charge < -0.3 is 9.64 Å². The summed E-state index contributed by atoms with van der Waals surface area (Å²) in [5, 5.41) is 1.98. The lowest BCUT2D eigenvalue weighted by molar-refractivity contribution is -0.150. The number of amides is 1. The Morgan fingerprint density at radius 3 is 2.95 bits per heavy atom. The summed E-state index contributed by atoms with van der Waals surface area (Å²) in [6.45, 7) is 4.66. The number of thiophene rings is 1. The van der Waals surface area contributed by atoms with Crippen LogP contribution in [0.2, 0.25) is 0 Å². The number of hydrogen-bond acceptors (Lipinski definition) is 5. The second-order valence-electron chi connectivity index (χ2n) is 5.39. The molecule has 1 aromatic heterocycles. The first-order valence-electron chi connectivity index (χ1n) is 7.74. The molecular weight excluding hydrogens is 318 g/mol. The summed E-state index contributed by atoms with van der Waals surface area (Å²) in [7, 11) is 0. The third-order valence-electron chi connectivity index (χ3n) is 3.63. The smallest absolute Gasteiger partial charge is 0.325 e. The van der Waals surface area contributed by atoms with Gasteiger partial charge >= 0.3 is 5.97 Å². The molecule has 1 aliphatic heterocycles. The molecule has 1 aliphatic rings. The highest BCUT2D eigenvalue weighted by Crippen LogP contribution is 2.40. The Labute approximate surface area is 140 Å². The second-order valence-corrected chi connectivity index (χ2v) is 7.53. The van der Waals surface area contributed by atoms with Gasteiger partial charge in [0.15, 0.2) is 0 Å². The standard InChI is InChI=1S/C16H23NO3S2/c1-3-4-5-8-20-14(19)11-17-13(18)7-10-22-16(17)15-12(2)6-9-21-15/h6,9,16H,3-5,7-8,10-11H2,1-2H3. The number of hydrogen-bond donors (Lipinski definition) is 0. The molecule has 0 bridgehead atoms. The molecule has 0 aliphatic carbocycles. The van der Waals surface area contributed by atoms with Crippen LogP contribution in [-0.4, -0.2) is 35.7 Å². The highest BCUT2D eigenvalue weighted by atomic mass is 32.2. The minimum absolute atomic E-state index is 0.0436. The lowest BCUT2D eigenvalue weighted by atomic mass is 10.2. The maximum Gasteiger partial charge on any atom is 0.325 e. The zero-order valence-corrected chi connectivity index (χ0v) is 14.8. The highest BCUT2D eigenvalue weighted by molar-refractivity contribution is 7.99. The van der Waals surface area contributed by atoms with Gasteiger partial charge in [-0.1, -0.05) is 19.8 Å². The van der Waals surface area contributed by atoms with Crippen molar-refractivity contribution >= 4 is 35.0 Å². The van der Waals surface area contributed by atoms with Gasteiger partial charge in [-0.3, -0.25) is 9.59 Å². The van der Waals surface area contributed by atoms with Crippen LogP contribution in [0.3, 0.4) is 0 Å². The SMILES string of the molecule is CCCCCOC(=O)CN1C(=O)CCSC1c1sccc1C. The van der Waals surface area contributed by atoms with Crippen LogP contribution in [0.15, 0.2) is 11.4 Å². The lowest BCUT2D eigenvalue weighted by Crippen LogP contribution is -2.41. The fraction of sp³-hybridized carbons (Fsp3) is 0.625. The number of carbonyl (C=O) groups is 2. The predicted molar refractivity (Wildman–Crippen MR) is 91.1 cm³/mol. The van der Waals surface area contributed by atoms with Crippen molar-refractivity contribution in [3.63, 3.8) is 0 Å². The summed E-state index contributed by atoms with van der Waals surface area (Å²) in [6, 6.07) is 2.06. The Hall–Kier alpha value is -1.01. The lowest BCUT2D eigenvalue weighted by Gasteiger charge is -2.34. The first kappa shape index (κ1) is 17.3. The minimum Gasteiger partial charge on any atom is -0.464 e. The molecule has 0 saturated carbocycles. The molecule has 1 amide bonds. The molecule has 0 N–H and O–H groups in total. The van der Waals surface area contributed by atoms with Crippen molar-refractivity contribution < 1.29 is 14.3 Å². The van der Waals surface area contributed by atoms with Gasteiger partial charge in [-0.25, -0.2) is 0 Å². The molecule has 0 radical (unpaired) electrons. The van der Waals surface area contributed by atoms with Gasteiger partial charge in [-0.15, -0.1) is 23.1 Å². The average Bonchev–Trinajstić information content (AvgIpc) is 2.92. The number of esters is 1. The third kappa shape index (κ3) is 4.49. The number of unbranched alkanes of at least 4 members (excludes halogenated alkanes) is 2. The maximum atomic E-state index is 12.2. The van der Waals surface area contributed by atoms with E-state index in [1.54, 1.807) is 28.0 Å². The number of aryl methyl sites for hydroxylation is 1. The number of thioether (sulfide) groups is 1. The third-order valence-corrected chi connectivity index (χ3v) is 6.10.